The zero-order valence-electron chi connectivity index (χ0n) is 11.9. The molecule has 1 aromatic heterocycles. The maximum absolute atomic E-state index is 6.01. The molecule has 5 nitrogen and oxygen atoms in total. The van der Waals surface area contributed by atoms with Gasteiger partial charge in [0.1, 0.15) is 0 Å². The van der Waals surface area contributed by atoms with Crippen LogP contribution in [-0.2, 0) is 11.8 Å². The van der Waals surface area contributed by atoms with Crippen LogP contribution in [0.15, 0.2) is 4.60 Å². The molecular weight excluding hydrogens is 308 g/mol. The Bertz CT molecular complexity index is 386. The summed E-state index contributed by atoms with van der Waals surface area (Å²) in [6, 6.07) is 0.154. The fraction of sp³-hybridized carbons (Fsp3) is 0.846. The predicted molar refractivity (Wildman–Crippen MR) is 77.9 cm³/mol. The molecule has 1 aliphatic carbocycles. The Morgan fingerprint density at radius 2 is 2.21 bits per heavy atom. The molecule has 0 aliphatic heterocycles. The summed E-state index contributed by atoms with van der Waals surface area (Å²) in [5, 5.41) is 11.8. The lowest BCUT2D eigenvalue weighted by Crippen LogP contribution is -2.37. The smallest absolute Gasteiger partial charge is 0.153 e. The van der Waals surface area contributed by atoms with Crippen LogP contribution < -0.4 is 5.32 Å². The van der Waals surface area contributed by atoms with Gasteiger partial charge in [0.25, 0.3) is 0 Å². The monoisotopic (exact) mass is 330 g/mol. The van der Waals surface area contributed by atoms with Crippen molar-refractivity contribution in [3.63, 3.8) is 0 Å². The van der Waals surface area contributed by atoms with Gasteiger partial charge < -0.3 is 10.1 Å². The molecule has 0 amide bonds. The molecule has 19 heavy (non-hydrogen) atoms. The molecule has 1 saturated carbocycles. The number of halogens is 1. The Morgan fingerprint density at radius 3 is 2.68 bits per heavy atom. The number of rotatable bonds is 8. The summed E-state index contributed by atoms with van der Waals surface area (Å²) >= 11 is 3.51. The van der Waals surface area contributed by atoms with Crippen molar-refractivity contribution in [3.05, 3.63) is 10.3 Å². The third-order valence-corrected chi connectivity index (χ3v) is 4.07. The van der Waals surface area contributed by atoms with Crippen molar-refractivity contribution >= 4 is 15.9 Å². The van der Waals surface area contributed by atoms with Crippen LogP contribution in [-0.4, -0.2) is 34.2 Å². The third kappa shape index (κ3) is 3.55. The van der Waals surface area contributed by atoms with Crippen LogP contribution in [0, 0.1) is 5.92 Å². The highest BCUT2D eigenvalue weighted by molar-refractivity contribution is 9.10. The molecule has 1 N–H and O–H groups in total. The van der Waals surface area contributed by atoms with E-state index in [9.17, 15) is 0 Å². The van der Waals surface area contributed by atoms with Crippen LogP contribution in [0.4, 0.5) is 0 Å². The van der Waals surface area contributed by atoms with E-state index in [1.165, 1.54) is 12.8 Å². The van der Waals surface area contributed by atoms with Gasteiger partial charge in [0, 0.05) is 13.7 Å². The van der Waals surface area contributed by atoms with Crippen molar-refractivity contribution in [1.82, 2.24) is 20.3 Å². The minimum atomic E-state index is 0.154. The molecule has 2 unspecified atom stereocenters. The van der Waals surface area contributed by atoms with E-state index < -0.39 is 0 Å². The van der Waals surface area contributed by atoms with Crippen LogP contribution >= 0.6 is 15.9 Å². The predicted octanol–water partition coefficient (Wildman–Crippen LogP) is 2.43. The molecule has 0 spiro atoms. The molecule has 1 aliphatic rings. The quantitative estimate of drug-likeness (QED) is 0.795. The second kappa shape index (κ2) is 6.81. The Balaban J connectivity index is 2.23. The van der Waals surface area contributed by atoms with E-state index in [0.717, 1.165) is 29.9 Å². The van der Waals surface area contributed by atoms with E-state index in [0.29, 0.717) is 5.92 Å². The molecule has 6 heteroatoms. The van der Waals surface area contributed by atoms with Crippen molar-refractivity contribution in [2.75, 3.05) is 13.2 Å². The zero-order valence-corrected chi connectivity index (χ0v) is 13.5. The highest BCUT2D eigenvalue weighted by Crippen LogP contribution is 2.41. The summed E-state index contributed by atoms with van der Waals surface area (Å²) in [5.74, 6) is 0.663. The summed E-state index contributed by atoms with van der Waals surface area (Å²) in [7, 11) is 1.93. The van der Waals surface area contributed by atoms with Crippen molar-refractivity contribution in [2.24, 2.45) is 13.0 Å². The number of aryl methyl sites for hydroxylation is 1. The molecule has 108 valence electrons. The van der Waals surface area contributed by atoms with Crippen molar-refractivity contribution < 1.29 is 4.74 Å². The first kappa shape index (κ1) is 14.9. The van der Waals surface area contributed by atoms with Gasteiger partial charge in [0.15, 0.2) is 4.60 Å². The lowest BCUT2D eigenvalue weighted by atomic mass is 10.0. The van der Waals surface area contributed by atoms with Gasteiger partial charge >= 0.3 is 0 Å². The second-order valence-corrected chi connectivity index (χ2v) is 5.83. The van der Waals surface area contributed by atoms with Crippen LogP contribution in [0.2, 0.25) is 0 Å². The van der Waals surface area contributed by atoms with Gasteiger partial charge in [0.2, 0.25) is 0 Å². The Labute approximate surface area is 123 Å². The molecule has 2 rings (SSSR count). The second-order valence-electron chi connectivity index (χ2n) is 5.08. The van der Waals surface area contributed by atoms with E-state index in [2.05, 4.69) is 45.4 Å². The Hall–Kier alpha value is -0.460. The van der Waals surface area contributed by atoms with Gasteiger partial charge in [-0.1, -0.05) is 12.1 Å². The van der Waals surface area contributed by atoms with Crippen LogP contribution in [0.1, 0.15) is 44.8 Å². The van der Waals surface area contributed by atoms with Gasteiger partial charge in [0.05, 0.1) is 17.8 Å². The minimum absolute atomic E-state index is 0.154. The van der Waals surface area contributed by atoms with E-state index >= 15 is 0 Å². The summed E-state index contributed by atoms with van der Waals surface area (Å²) < 4.78 is 8.66. The van der Waals surface area contributed by atoms with E-state index in [-0.39, 0.29) is 12.1 Å². The largest absolute Gasteiger partial charge is 0.376 e. The number of nitrogens with zero attached hydrogens (tertiary/aromatic N) is 3. The van der Waals surface area contributed by atoms with Crippen molar-refractivity contribution in [2.45, 2.75) is 45.3 Å². The average Bonchev–Trinajstić information content (AvgIpc) is 3.18. The minimum Gasteiger partial charge on any atom is -0.376 e. The normalized spacial score (nSPS) is 18.5. The van der Waals surface area contributed by atoms with Gasteiger partial charge in [-0.05, 0) is 54.6 Å². The third-order valence-electron chi connectivity index (χ3n) is 3.51. The molecular formula is C13H23BrN4O. The highest BCUT2D eigenvalue weighted by atomic mass is 79.9. The number of ether oxygens (including phenoxy) is 1. The Kier molecular flexibility index (Phi) is 5.36. The topological polar surface area (TPSA) is 52.0 Å². The van der Waals surface area contributed by atoms with Crippen LogP contribution in [0.5, 0.6) is 0 Å². The molecule has 0 bridgehead atoms. The fourth-order valence-electron chi connectivity index (χ4n) is 2.46. The van der Waals surface area contributed by atoms with Crippen molar-refractivity contribution in [1.29, 1.82) is 0 Å². The molecule has 1 aromatic rings. The number of hydrogen-bond acceptors (Lipinski definition) is 4. The highest BCUT2D eigenvalue weighted by Gasteiger charge is 2.39. The molecule has 1 fully saturated rings. The standard InChI is InChI=1S/C13H23BrN4O/c1-4-8-15-10(11-13(14)16-17-18(11)3)12(19-5-2)9-6-7-9/h9-10,12,15H,4-8H2,1-3H3. The number of aromatic nitrogens is 3. The van der Waals surface area contributed by atoms with Crippen LogP contribution in [0.25, 0.3) is 0 Å². The summed E-state index contributed by atoms with van der Waals surface area (Å²) in [6.45, 7) is 5.95. The lowest BCUT2D eigenvalue weighted by molar-refractivity contribution is 0.0164. The first-order valence-electron chi connectivity index (χ1n) is 7.09. The molecule has 0 aromatic carbocycles. The van der Waals surface area contributed by atoms with E-state index in [1.54, 1.807) is 0 Å². The average molecular weight is 331 g/mol. The van der Waals surface area contributed by atoms with Crippen LogP contribution in [0.3, 0.4) is 0 Å². The molecule has 0 radical (unpaired) electrons. The molecule has 0 saturated heterocycles. The lowest BCUT2D eigenvalue weighted by Gasteiger charge is -2.28. The summed E-state index contributed by atoms with van der Waals surface area (Å²) in [4.78, 5) is 0. The number of hydrogen-bond donors (Lipinski definition) is 1. The zero-order chi connectivity index (χ0) is 13.8. The molecule has 1 heterocycles. The maximum atomic E-state index is 6.01. The summed E-state index contributed by atoms with van der Waals surface area (Å²) in [5.41, 5.74) is 1.08. The number of nitrogens with one attached hydrogen (secondary N) is 1. The first-order chi connectivity index (χ1) is 9.19. The van der Waals surface area contributed by atoms with Gasteiger partial charge in [-0.15, -0.1) is 5.10 Å². The SMILES string of the molecule is CCCNC(c1c(Br)nnn1C)C(OCC)C1CC1. The van der Waals surface area contributed by atoms with E-state index in [1.807, 2.05) is 11.7 Å². The fourth-order valence-corrected chi connectivity index (χ4v) is 3.03. The molecule has 2 atom stereocenters. The van der Waals surface area contributed by atoms with E-state index in [4.69, 9.17) is 4.74 Å². The van der Waals surface area contributed by atoms with Gasteiger partial charge in [-0.25, -0.2) is 4.68 Å². The van der Waals surface area contributed by atoms with Gasteiger partial charge in [-0.3, -0.25) is 0 Å². The summed E-state index contributed by atoms with van der Waals surface area (Å²) in [6.07, 6.45) is 3.84. The van der Waals surface area contributed by atoms with Gasteiger partial charge in [-0.2, -0.15) is 0 Å². The van der Waals surface area contributed by atoms with Crippen molar-refractivity contribution in [3.8, 4) is 0 Å². The Morgan fingerprint density at radius 1 is 1.47 bits per heavy atom. The maximum Gasteiger partial charge on any atom is 0.153 e. The first-order valence-corrected chi connectivity index (χ1v) is 7.88.